The highest BCUT2D eigenvalue weighted by atomic mass is 32.1. The molecule has 1 aromatic heterocycles. The average Bonchev–Trinajstić information content (AvgIpc) is 3.26. The van der Waals surface area contributed by atoms with E-state index in [2.05, 4.69) is 20.7 Å². The Kier molecular flexibility index (Phi) is 3.48. The van der Waals surface area contributed by atoms with E-state index >= 15 is 0 Å². The molecule has 2 aromatic rings. The first-order valence-electron chi connectivity index (χ1n) is 7.56. The maximum atomic E-state index is 12.8. The van der Waals surface area contributed by atoms with Gasteiger partial charge in [-0.15, -0.1) is 0 Å². The Morgan fingerprint density at radius 3 is 3.17 bits per heavy atom. The number of ether oxygens (including phenoxy) is 1. The van der Waals surface area contributed by atoms with Crippen LogP contribution in [-0.2, 0) is 21.6 Å². The summed E-state index contributed by atoms with van der Waals surface area (Å²) in [5.74, 6) is 0.0681. The van der Waals surface area contributed by atoms with Crippen LogP contribution in [0.5, 0.6) is 0 Å². The molecule has 7 nitrogen and oxygen atoms in total. The third-order valence-corrected chi connectivity index (χ3v) is 5.47. The zero-order chi connectivity index (χ0) is 16.7. The Labute approximate surface area is 143 Å². The van der Waals surface area contributed by atoms with Crippen molar-refractivity contribution in [1.82, 2.24) is 9.36 Å². The van der Waals surface area contributed by atoms with Crippen molar-refractivity contribution in [3.8, 4) is 6.07 Å². The first kappa shape index (κ1) is 15.1. The summed E-state index contributed by atoms with van der Waals surface area (Å²) in [6.07, 6.45) is 0. The number of methoxy groups -OCH3 is 1. The molecular formula is C16H15N5O2S. The highest BCUT2D eigenvalue weighted by Crippen LogP contribution is 2.48. The molecule has 1 fully saturated rings. The van der Waals surface area contributed by atoms with E-state index in [1.807, 2.05) is 29.2 Å². The Hall–Kier alpha value is -2.50. The Morgan fingerprint density at radius 2 is 2.38 bits per heavy atom. The summed E-state index contributed by atoms with van der Waals surface area (Å²) in [7, 11) is 1.59. The van der Waals surface area contributed by atoms with Gasteiger partial charge in [-0.1, -0.05) is 18.2 Å². The Balaban J connectivity index is 1.72. The van der Waals surface area contributed by atoms with Crippen LogP contribution in [-0.4, -0.2) is 35.5 Å². The number of rotatable bonds is 3. The van der Waals surface area contributed by atoms with Crippen LogP contribution >= 0.6 is 11.5 Å². The van der Waals surface area contributed by atoms with Gasteiger partial charge in [-0.3, -0.25) is 4.79 Å². The normalized spacial score (nSPS) is 24.9. The molecule has 24 heavy (non-hydrogen) atoms. The third kappa shape index (κ3) is 2.02. The lowest BCUT2D eigenvalue weighted by Gasteiger charge is -2.24. The van der Waals surface area contributed by atoms with Crippen LogP contribution < -0.4 is 10.2 Å². The van der Waals surface area contributed by atoms with Crippen molar-refractivity contribution in [2.24, 2.45) is 5.92 Å². The molecule has 0 radical (unpaired) electrons. The highest BCUT2D eigenvalue weighted by Gasteiger charge is 2.58. The molecule has 122 valence electrons. The quantitative estimate of drug-likeness (QED) is 0.910. The topological polar surface area (TPSA) is 91.1 Å². The fraction of sp³-hybridized carbons (Fsp3) is 0.375. The maximum Gasteiger partial charge on any atom is 0.238 e. The number of benzene rings is 1. The molecule has 2 aliphatic rings. The molecule has 2 aliphatic heterocycles. The van der Waals surface area contributed by atoms with Crippen LogP contribution in [0.4, 0.5) is 10.8 Å². The minimum absolute atomic E-state index is 0.112. The molecule has 1 spiro atoms. The van der Waals surface area contributed by atoms with Crippen LogP contribution in [0.1, 0.15) is 11.4 Å². The minimum atomic E-state index is -0.849. The lowest BCUT2D eigenvalue weighted by molar-refractivity contribution is -0.120. The predicted octanol–water partition coefficient (Wildman–Crippen LogP) is 1.53. The summed E-state index contributed by atoms with van der Waals surface area (Å²) in [6, 6.07) is 9.92. The van der Waals surface area contributed by atoms with Crippen molar-refractivity contribution < 1.29 is 9.53 Å². The number of amides is 1. The number of fused-ring (bicyclic) bond motifs is 2. The monoisotopic (exact) mass is 341 g/mol. The van der Waals surface area contributed by atoms with Gasteiger partial charge in [-0.2, -0.15) is 9.64 Å². The van der Waals surface area contributed by atoms with E-state index in [4.69, 9.17) is 4.74 Å². The van der Waals surface area contributed by atoms with Gasteiger partial charge in [-0.25, -0.2) is 4.98 Å². The van der Waals surface area contributed by atoms with Crippen molar-refractivity contribution in [2.45, 2.75) is 12.0 Å². The lowest BCUT2D eigenvalue weighted by Crippen LogP contribution is -2.41. The van der Waals surface area contributed by atoms with Gasteiger partial charge in [0.25, 0.3) is 0 Å². The number of anilines is 2. The number of carbonyl (C=O) groups is 1. The van der Waals surface area contributed by atoms with Crippen LogP contribution in [0.15, 0.2) is 24.3 Å². The first-order valence-corrected chi connectivity index (χ1v) is 8.33. The van der Waals surface area contributed by atoms with E-state index in [1.165, 1.54) is 11.5 Å². The molecule has 8 heteroatoms. The van der Waals surface area contributed by atoms with E-state index in [0.717, 1.165) is 16.4 Å². The molecule has 1 amide bonds. The van der Waals surface area contributed by atoms with Gasteiger partial charge in [0, 0.05) is 37.4 Å². The van der Waals surface area contributed by atoms with Gasteiger partial charge in [0.05, 0.1) is 12.0 Å². The molecule has 2 atom stereocenters. The number of carbonyl (C=O) groups excluding carboxylic acids is 1. The number of hydrogen-bond acceptors (Lipinski definition) is 7. The van der Waals surface area contributed by atoms with Gasteiger partial charge >= 0.3 is 0 Å². The number of nitriles is 1. The first-order chi connectivity index (χ1) is 11.7. The zero-order valence-corrected chi connectivity index (χ0v) is 13.8. The summed E-state index contributed by atoms with van der Waals surface area (Å²) in [4.78, 5) is 19.2. The smallest absolute Gasteiger partial charge is 0.238 e. The summed E-state index contributed by atoms with van der Waals surface area (Å²) in [5, 5.41) is 13.3. The Bertz CT molecular complexity index is 845. The van der Waals surface area contributed by atoms with Gasteiger partial charge in [-0.05, 0) is 11.6 Å². The molecule has 0 unspecified atom stereocenters. The SMILES string of the molecule is COCc1nsc(N2C[C@H](C#N)[C@]3(C2)C(=O)Nc2ccccc23)n1. The van der Waals surface area contributed by atoms with Gasteiger partial charge in [0.15, 0.2) is 5.82 Å². The van der Waals surface area contributed by atoms with Crippen LogP contribution in [0.25, 0.3) is 0 Å². The Morgan fingerprint density at radius 1 is 1.54 bits per heavy atom. The second-order valence-electron chi connectivity index (χ2n) is 5.96. The predicted molar refractivity (Wildman–Crippen MR) is 88.7 cm³/mol. The van der Waals surface area contributed by atoms with Gasteiger partial charge in [0.1, 0.15) is 12.0 Å². The molecular weight excluding hydrogens is 326 g/mol. The van der Waals surface area contributed by atoms with Crippen molar-refractivity contribution >= 4 is 28.3 Å². The number of hydrogen-bond donors (Lipinski definition) is 1. The molecule has 0 bridgehead atoms. The molecule has 1 aromatic carbocycles. The van der Waals surface area contributed by atoms with Crippen LogP contribution in [0, 0.1) is 17.2 Å². The molecule has 1 saturated heterocycles. The van der Waals surface area contributed by atoms with Crippen molar-refractivity contribution in [2.75, 3.05) is 30.4 Å². The maximum absolute atomic E-state index is 12.8. The fourth-order valence-corrected chi connectivity index (χ4v) is 4.23. The van der Waals surface area contributed by atoms with Crippen molar-refractivity contribution in [1.29, 1.82) is 5.26 Å². The second kappa shape index (κ2) is 5.54. The third-order valence-electron chi connectivity index (χ3n) is 4.66. The summed E-state index contributed by atoms with van der Waals surface area (Å²) in [5.41, 5.74) is 0.839. The van der Waals surface area contributed by atoms with Crippen LogP contribution in [0.3, 0.4) is 0 Å². The number of para-hydroxylation sites is 1. The zero-order valence-electron chi connectivity index (χ0n) is 13.0. The van der Waals surface area contributed by atoms with Crippen molar-refractivity contribution in [3.05, 3.63) is 35.7 Å². The van der Waals surface area contributed by atoms with Gasteiger partial charge in [0.2, 0.25) is 11.0 Å². The summed E-state index contributed by atoms with van der Waals surface area (Å²) in [6.45, 7) is 1.23. The number of nitrogens with zero attached hydrogens (tertiary/aromatic N) is 4. The molecule has 0 aliphatic carbocycles. The number of nitrogens with one attached hydrogen (secondary N) is 1. The summed E-state index contributed by atoms with van der Waals surface area (Å²) < 4.78 is 9.31. The van der Waals surface area contributed by atoms with E-state index in [-0.39, 0.29) is 5.91 Å². The van der Waals surface area contributed by atoms with E-state index in [0.29, 0.717) is 25.5 Å². The molecule has 1 N–H and O–H groups in total. The number of aromatic nitrogens is 2. The molecule has 0 saturated carbocycles. The van der Waals surface area contributed by atoms with Crippen molar-refractivity contribution in [3.63, 3.8) is 0 Å². The molecule has 3 heterocycles. The van der Waals surface area contributed by atoms with Crippen LogP contribution in [0.2, 0.25) is 0 Å². The molecule has 4 rings (SSSR count). The lowest BCUT2D eigenvalue weighted by atomic mass is 9.74. The average molecular weight is 341 g/mol. The van der Waals surface area contributed by atoms with E-state index in [1.54, 1.807) is 7.11 Å². The minimum Gasteiger partial charge on any atom is -0.377 e. The largest absolute Gasteiger partial charge is 0.377 e. The van der Waals surface area contributed by atoms with Gasteiger partial charge < -0.3 is 15.0 Å². The van der Waals surface area contributed by atoms with E-state index < -0.39 is 11.3 Å². The second-order valence-corrected chi connectivity index (χ2v) is 6.69. The summed E-state index contributed by atoms with van der Waals surface area (Å²) >= 11 is 1.27. The fourth-order valence-electron chi connectivity index (χ4n) is 3.55. The highest BCUT2D eigenvalue weighted by molar-refractivity contribution is 7.09. The standard InChI is InChI=1S/C16H15N5O2S/c1-23-8-13-19-15(24-20-13)21-7-10(6-17)16(9-21)11-4-2-3-5-12(11)18-14(16)22/h2-5,10H,7-9H2,1H3,(H,18,22)/t10-,16-/m0/s1. The van der Waals surface area contributed by atoms with E-state index in [9.17, 15) is 10.1 Å².